The van der Waals surface area contributed by atoms with E-state index in [1.165, 1.54) is 0 Å². The van der Waals surface area contributed by atoms with Crippen LogP contribution in [0.2, 0.25) is 0 Å². The molecular formula is C11H24N2O. The highest BCUT2D eigenvalue weighted by atomic mass is 16.3. The summed E-state index contributed by atoms with van der Waals surface area (Å²) in [5.74, 6) is 0.663. The van der Waals surface area contributed by atoms with Crippen LogP contribution in [0.4, 0.5) is 0 Å². The highest BCUT2D eigenvalue weighted by Gasteiger charge is 2.27. The Kier molecular flexibility index (Phi) is 3.93. The second kappa shape index (κ2) is 4.60. The van der Waals surface area contributed by atoms with Crippen molar-refractivity contribution in [2.75, 3.05) is 26.2 Å². The summed E-state index contributed by atoms with van der Waals surface area (Å²) in [7, 11) is 0. The zero-order chi connectivity index (χ0) is 10.8. The largest absolute Gasteiger partial charge is 0.390 e. The minimum atomic E-state index is -0.226. The van der Waals surface area contributed by atoms with Crippen LogP contribution < -0.4 is 5.32 Å². The highest BCUT2D eigenvalue weighted by Crippen LogP contribution is 2.12. The van der Waals surface area contributed by atoms with Crippen LogP contribution in [0.15, 0.2) is 0 Å². The second-order valence-electron chi connectivity index (χ2n) is 5.51. The minimum Gasteiger partial charge on any atom is -0.390 e. The molecule has 0 aliphatic carbocycles. The van der Waals surface area contributed by atoms with Crippen LogP contribution in [0, 0.1) is 5.92 Å². The lowest BCUT2D eigenvalue weighted by Gasteiger charge is -2.30. The number of β-amino-alcohol motifs (C(OH)–C–C–N with tert-alkyl or cyclic N) is 1. The van der Waals surface area contributed by atoms with Gasteiger partial charge in [-0.3, -0.25) is 4.90 Å². The lowest BCUT2D eigenvalue weighted by Crippen LogP contribution is -2.47. The van der Waals surface area contributed by atoms with Gasteiger partial charge in [-0.05, 0) is 19.8 Å². The van der Waals surface area contributed by atoms with Gasteiger partial charge in [-0.25, -0.2) is 0 Å². The molecule has 0 amide bonds. The van der Waals surface area contributed by atoms with E-state index in [1.807, 2.05) is 0 Å². The Balaban J connectivity index is 2.55. The maximum Gasteiger partial charge on any atom is 0.0791 e. The van der Waals surface area contributed by atoms with Gasteiger partial charge in [-0.15, -0.1) is 0 Å². The first-order valence-electron chi connectivity index (χ1n) is 5.54. The molecule has 0 aromatic carbocycles. The van der Waals surface area contributed by atoms with E-state index in [-0.39, 0.29) is 11.6 Å². The van der Waals surface area contributed by atoms with E-state index in [2.05, 4.69) is 37.9 Å². The molecule has 1 fully saturated rings. The van der Waals surface area contributed by atoms with Gasteiger partial charge in [0.15, 0.2) is 0 Å². The molecule has 0 saturated carbocycles. The highest BCUT2D eigenvalue weighted by molar-refractivity contribution is 4.87. The molecule has 84 valence electrons. The second-order valence-corrected chi connectivity index (χ2v) is 5.51. The van der Waals surface area contributed by atoms with Crippen LogP contribution in [-0.2, 0) is 0 Å². The van der Waals surface area contributed by atoms with E-state index in [9.17, 15) is 5.11 Å². The molecule has 2 N–H and O–H groups in total. The summed E-state index contributed by atoms with van der Waals surface area (Å²) >= 11 is 0. The average Bonchev–Trinajstić information content (AvgIpc) is 2.08. The third-order valence-electron chi connectivity index (χ3n) is 2.53. The zero-order valence-electron chi connectivity index (χ0n) is 9.88. The summed E-state index contributed by atoms with van der Waals surface area (Å²) in [5.41, 5.74) is 0.117. The van der Waals surface area contributed by atoms with E-state index in [1.54, 1.807) is 0 Å². The predicted octanol–water partition coefficient (Wildman–Crippen LogP) is 0.687. The van der Waals surface area contributed by atoms with E-state index in [0.717, 1.165) is 19.6 Å². The Morgan fingerprint density at radius 3 is 2.71 bits per heavy atom. The minimum absolute atomic E-state index is 0.117. The van der Waals surface area contributed by atoms with Gasteiger partial charge in [0.25, 0.3) is 0 Å². The summed E-state index contributed by atoms with van der Waals surface area (Å²) < 4.78 is 0. The van der Waals surface area contributed by atoms with Gasteiger partial charge in [-0.1, -0.05) is 13.8 Å². The fourth-order valence-electron chi connectivity index (χ4n) is 2.09. The molecule has 14 heavy (non-hydrogen) atoms. The smallest absolute Gasteiger partial charge is 0.0791 e. The Labute approximate surface area is 87.5 Å². The van der Waals surface area contributed by atoms with Gasteiger partial charge in [0.2, 0.25) is 0 Å². The van der Waals surface area contributed by atoms with Gasteiger partial charge < -0.3 is 10.4 Å². The zero-order valence-corrected chi connectivity index (χ0v) is 9.88. The van der Waals surface area contributed by atoms with Crippen LogP contribution in [0.1, 0.15) is 27.7 Å². The van der Waals surface area contributed by atoms with Gasteiger partial charge in [0, 0.05) is 31.7 Å². The molecule has 1 aliphatic rings. The topological polar surface area (TPSA) is 35.5 Å². The standard InChI is InChI=1S/C11H24N2O/c1-9(2)6-13-7-10(14)5-12-11(3,4)8-13/h9-10,12,14H,5-8H2,1-4H3. The maximum absolute atomic E-state index is 9.70. The average molecular weight is 200 g/mol. The van der Waals surface area contributed by atoms with Crippen molar-refractivity contribution in [2.45, 2.75) is 39.3 Å². The van der Waals surface area contributed by atoms with Crippen LogP contribution in [-0.4, -0.2) is 47.8 Å². The van der Waals surface area contributed by atoms with Crippen molar-refractivity contribution in [3.05, 3.63) is 0 Å². The molecule has 0 aromatic heterocycles. The normalized spacial score (nSPS) is 29.1. The Bertz CT molecular complexity index is 180. The number of aliphatic hydroxyl groups excluding tert-OH is 1. The van der Waals surface area contributed by atoms with Crippen molar-refractivity contribution < 1.29 is 5.11 Å². The number of rotatable bonds is 2. The molecular weight excluding hydrogens is 176 g/mol. The monoisotopic (exact) mass is 200 g/mol. The summed E-state index contributed by atoms with van der Waals surface area (Å²) in [5, 5.41) is 13.1. The lowest BCUT2D eigenvalue weighted by atomic mass is 10.1. The van der Waals surface area contributed by atoms with E-state index < -0.39 is 0 Å². The predicted molar refractivity (Wildman–Crippen MR) is 59.4 cm³/mol. The molecule has 3 nitrogen and oxygen atoms in total. The lowest BCUT2D eigenvalue weighted by molar-refractivity contribution is 0.122. The molecule has 0 radical (unpaired) electrons. The summed E-state index contributed by atoms with van der Waals surface area (Å²) in [6.07, 6.45) is -0.226. The van der Waals surface area contributed by atoms with Gasteiger partial charge in [-0.2, -0.15) is 0 Å². The molecule has 1 rings (SSSR count). The van der Waals surface area contributed by atoms with Crippen LogP contribution in [0.3, 0.4) is 0 Å². The van der Waals surface area contributed by atoms with Gasteiger partial charge in [0.1, 0.15) is 0 Å². The van der Waals surface area contributed by atoms with E-state index >= 15 is 0 Å². The van der Waals surface area contributed by atoms with E-state index in [4.69, 9.17) is 0 Å². The van der Waals surface area contributed by atoms with E-state index in [0.29, 0.717) is 12.5 Å². The first kappa shape index (κ1) is 12.0. The first-order valence-corrected chi connectivity index (χ1v) is 5.54. The first-order chi connectivity index (χ1) is 6.39. The van der Waals surface area contributed by atoms with Crippen molar-refractivity contribution in [3.63, 3.8) is 0 Å². The number of hydrogen-bond acceptors (Lipinski definition) is 3. The Hall–Kier alpha value is -0.120. The molecule has 0 aromatic rings. The molecule has 1 aliphatic heterocycles. The molecule has 1 atom stereocenters. The molecule has 0 bridgehead atoms. The summed E-state index contributed by atoms with van der Waals surface area (Å²) in [4.78, 5) is 2.36. The van der Waals surface area contributed by atoms with Crippen molar-refractivity contribution in [1.29, 1.82) is 0 Å². The quantitative estimate of drug-likeness (QED) is 0.688. The van der Waals surface area contributed by atoms with Crippen molar-refractivity contribution in [2.24, 2.45) is 5.92 Å². The van der Waals surface area contributed by atoms with Crippen LogP contribution >= 0.6 is 0 Å². The number of aliphatic hydroxyl groups is 1. The molecule has 1 saturated heterocycles. The fourth-order valence-corrected chi connectivity index (χ4v) is 2.09. The molecule has 0 spiro atoms. The van der Waals surface area contributed by atoms with Crippen molar-refractivity contribution in [3.8, 4) is 0 Å². The van der Waals surface area contributed by atoms with Crippen LogP contribution in [0.25, 0.3) is 0 Å². The van der Waals surface area contributed by atoms with Crippen LogP contribution in [0.5, 0.6) is 0 Å². The summed E-state index contributed by atoms with van der Waals surface area (Å²) in [6.45, 7) is 12.4. The molecule has 1 heterocycles. The van der Waals surface area contributed by atoms with Gasteiger partial charge in [0.05, 0.1) is 6.10 Å². The Morgan fingerprint density at radius 1 is 1.50 bits per heavy atom. The molecule has 1 unspecified atom stereocenters. The third-order valence-corrected chi connectivity index (χ3v) is 2.53. The third kappa shape index (κ3) is 3.95. The summed E-state index contributed by atoms with van der Waals surface area (Å²) in [6, 6.07) is 0. The number of hydrogen-bond donors (Lipinski definition) is 2. The maximum atomic E-state index is 9.70. The van der Waals surface area contributed by atoms with Crippen molar-refractivity contribution >= 4 is 0 Å². The van der Waals surface area contributed by atoms with Crippen molar-refractivity contribution in [1.82, 2.24) is 10.2 Å². The number of nitrogens with zero attached hydrogens (tertiary/aromatic N) is 1. The molecule has 3 heteroatoms. The Morgan fingerprint density at radius 2 is 2.14 bits per heavy atom. The van der Waals surface area contributed by atoms with Gasteiger partial charge >= 0.3 is 0 Å². The fraction of sp³-hybridized carbons (Fsp3) is 1.00. The number of nitrogens with one attached hydrogen (secondary N) is 1. The SMILES string of the molecule is CC(C)CN1CC(O)CNC(C)(C)C1.